The number of hydrogen-bond acceptors (Lipinski definition) is 5. The third-order valence-electron chi connectivity index (χ3n) is 5.39. The van der Waals surface area contributed by atoms with E-state index in [0.717, 1.165) is 18.8 Å². The summed E-state index contributed by atoms with van der Waals surface area (Å²) in [5, 5.41) is 5.23. The average Bonchev–Trinajstić information content (AvgIpc) is 3.53. The molecule has 2 heterocycles. The summed E-state index contributed by atoms with van der Waals surface area (Å²) in [4.78, 5) is 16.7. The Morgan fingerprint density at radius 2 is 1.68 bits per heavy atom. The van der Waals surface area contributed by atoms with Gasteiger partial charge in [-0.2, -0.15) is 0 Å². The molecule has 5 nitrogen and oxygen atoms in total. The van der Waals surface area contributed by atoms with E-state index in [-0.39, 0.29) is 11.9 Å². The normalized spacial score (nSPS) is 14.8. The first-order valence-electron chi connectivity index (χ1n) is 10.8. The number of rotatable bonds is 10. The Bertz CT molecular complexity index is 940. The van der Waals surface area contributed by atoms with Gasteiger partial charge in [0, 0.05) is 11.4 Å². The van der Waals surface area contributed by atoms with Crippen LogP contribution in [0.3, 0.4) is 0 Å². The zero-order chi connectivity index (χ0) is 21.3. The highest BCUT2D eigenvalue weighted by atomic mass is 32.1. The maximum Gasteiger partial charge on any atom is 0.255 e. The molecule has 1 saturated heterocycles. The van der Waals surface area contributed by atoms with Crippen molar-refractivity contribution in [3.63, 3.8) is 0 Å². The number of carbonyl (C=O) groups excluding carboxylic acids is 1. The molecule has 3 aromatic rings. The van der Waals surface area contributed by atoms with E-state index in [1.807, 2.05) is 48.5 Å². The lowest BCUT2D eigenvalue weighted by Gasteiger charge is -2.27. The van der Waals surface area contributed by atoms with Crippen LogP contribution >= 0.6 is 11.3 Å². The number of nitrogens with one attached hydrogen (secondary N) is 1. The van der Waals surface area contributed by atoms with Crippen molar-refractivity contribution < 1.29 is 14.3 Å². The summed E-state index contributed by atoms with van der Waals surface area (Å²) in [5.74, 6) is 1.27. The molecule has 1 unspecified atom stereocenters. The minimum absolute atomic E-state index is 0.111. The molecule has 0 saturated carbocycles. The highest BCUT2D eigenvalue weighted by Crippen LogP contribution is 2.28. The number of carbonyl (C=O) groups is 1. The number of hydrogen-bond donors (Lipinski definition) is 1. The number of thiophene rings is 1. The minimum Gasteiger partial charge on any atom is -0.490 e. The lowest BCUT2D eigenvalue weighted by Crippen LogP contribution is -2.36. The van der Waals surface area contributed by atoms with Gasteiger partial charge in [-0.15, -0.1) is 11.3 Å². The second-order valence-corrected chi connectivity index (χ2v) is 8.47. The highest BCUT2D eigenvalue weighted by Gasteiger charge is 2.25. The molecule has 4 rings (SSSR count). The molecular formula is C25H28N2O3S. The Morgan fingerprint density at radius 1 is 0.935 bits per heavy atom. The average molecular weight is 437 g/mol. The fraction of sp³-hybridized carbons (Fsp3) is 0.320. The predicted molar refractivity (Wildman–Crippen MR) is 124 cm³/mol. The van der Waals surface area contributed by atoms with Crippen LogP contribution in [-0.2, 0) is 0 Å². The highest BCUT2D eigenvalue weighted by molar-refractivity contribution is 7.10. The second-order valence-electron chi connectivity index (χ2n) is 7.49. The zero-order valence-electron chi connectivity index (χ0n) is 17.5. The van der Waals surface area contributed by atoms with Gasteiger partial charge in [0.2, 0.25) is 0 Å². The molecule has 0 radical (unpaired) electrons. The van der Waals surface area contributed by atoms with Crippen molar-refractivity contribution in [2.75, 3.05) is 32.8 Å². The predicted octanol–water partition coefficient (Wildman–Crippen LogP) is 4.77. The summed E-state index contributed by atoms with van der Waals surface area (Å²) in [6, 6.07) is 21.5. The SMILES string of the molecule is O=C(NCC(c1cccs1)N1CCCC1)c1ccccc1OCCOc1ccccc1. The third-order valence-corrected chi connectivity index (χ3v) is 6.37. The van der Waals surface area contributed by atoms with E-state index in [1.54, 1.807) is 17.4 Å². The van der Waals surface area contributed by atoms with Crippen molar-refractivity contribution >= 4 is 17.2 Å². The summed E-state index contributed by atoms with van der Waals surface area (Å²) in [5.41, 5.74) is 0.550. The molecule has 1 aliphatic rings. The lowest BCUT2D eigenvalue weighted by molar-refractivity contribution is 0.0933. The van der Waals surface area contributed by atoms with E-state index < -0.39 is 0 Å². The van der Waals surface area contributed by atoms with Crippen LogP contribution in [0.4, 0.5) is 0 Å². The van der Waals surface area contributed by atoms with Gasteiger partial charge in [0.05, 0.1) is 11.6 Å². The van der Waals surface area contributed by atoms with Gasteiger partial charge < -0.3 is 14.8 Å². The van der Waals surface area contributed by atoms with Crippen molar-refractivity contribution in [1.82, 2.24) is 10.2 Å². The molecule has 0 aliphatic carbocycles. The molecule has 6 heteroatoms. The number of amides is 1. The molecule has 1 amide bonds. The molecule has 1 aliphatic heterocycles. The van der Waals surface area contributed by atoms with Crippen molar-refractivity contribution in [2.24, 2.45) is 0 Å². The maximum atomic E-state index is 13.0. The summed E-state index contributed by atoms with van der Waals surface area (Å²) in [6.07, 6.45) is 2.44. The lowest BCUT2D eigenvalue weighted by atomic mass is 10.1. The van der Waals surface area contributed by atoms with E-state index in [0.29, 0.717) is 31.1 Å². The number of para-hydroxylation sites is 2. The topological polar surface area (TPSA) is 50.8 Å². The summed E-state index contributed by atoms with van der Waals surface area (Å²) in [7, 11) is 0. The molecule has 31 heavy (non-hydrogen) atoms. The number of nitrogens with zero attached hydrogens (tertiary/aromatic N) is 1. The van der Waals surface area contributed by atoms with Crippen molar-refractivity contribution in [1.29, 1.82) is 0 Å². The first-order chi connectivity index (χ1) is 15.3. The number of ether oxygens (including phenoxy) is 2. The van der Waals surface area contributed by atoms with E-state index in [4.69, 9.17) is 9.47 Å². The Balaban J connectivity index is 1.33. The third kappa shape index (κ3) is 5.87. The molecule has 1 fully saturated rings. The minimum atomic E-state index is -0.111. The maximum absolute atomic E-state index is 13.0. The van der Waals surface area contributed by atoms with Crippen LogP contribution in [-0.4, -0.2) is 43.7 Å². The Labute approximate surface area is 187 Å². The molecule has 1 aromatic heterocycles. The van der Waals surface area contributed by atoms with Gasteiger partial charge in [0.25, 0.3) is 5.91 Å². The van der Waals surface area contributed by atoms with Gasteiger partial charge in [0.15, 0.2) is 0 Å². The fourth-order valence-electron chi connectivity index (χ4n) is 3.84. The van der Waals surface area contributed by atoms with Crippen LogP contribution in [0, 0.1) is 0 Å². The van der Waals surface area contributed by atoms with Gasteiger partial charge >= 0.3 is 0 Å². The van der Waals surface area contributed by atoms with Gasteiger partial charge in [-0.05, 0) is 61.6 Å². The number of likely N-dealkylation sites (tertiary alicyclic amines) is 1. The summed E-state index contributed by atoms with van der Waals surface area (Å²) in [6.45, 7) is 3.53. The van der Waals surface area contributed by atoms with E-state index in [9.17, 15) is 4.79 Å². The zero-order valence-corrected chi connectivity index (χ0v) is 18.4. The molecule has 0 spiro atoms. The Hall–Kier alpha value is -2.83. The smallest absolute Gasteiger partial charge is 0.255 e. The van der Waals surface area contributed by atoms with Crippen molar-refractivity contribution in [3.05, 3.63) is 82.6 Å². The van der Waals surface area contributed by atoms with Crippen LogP contribution in [0.1, 0.15) is 34.1 Å². The molecule has 162 valence electrons. The quantitative estimate of drug-likeness (QED) is 0.465. The molecule has 1 N–H and O–H groups in total. The van der Waals surface area contributed by atoms with E-state index >= 15 is 0 Å². The fourth-order valence-corrected chi connectivity index (χ4v) is 4.70. The van der Waals surface area contributed by atoms with Crippen LogP contribution in [0.15, 0.2) is 72.1 Å². The van der Waals surface area contributed by atoms with Crippen LogP contribution in [0.25, 0.3) is 0 Å². The van der Waals surface area contributed by atoms with Crippen LogP contribution in [0.2, 0.25) is 0 Å². The van der Waals surface area contributed by atoms with Gasteiger partial charge in [-0.3, -0.25) is 9.69 Å². The first kappa shape index (κ1) is 21.4. The number of benzene rings is 2. The largest absolute Gasteiger partial charge is 0.490 e. The Morgan fingerprint density at radius 3 is 2.45 bits per heavy atom. The summed E-state index contributed by atoms with van der Waals surface area (Å²) < 4.78 is 11.5. The van der Waals surface area contributed by atoms with E-state index in [1.165, 1.54) is 17.7 Å². The first-order valence-corrected chi connectivity index (χ1v) is 11.6. The standard InChI is InChI=1S/C25H28N2O3S/c28-25(26-19-22(24-13-8-18-31-24)27-14-6-7-15-27)21-11-4-5-12-23(21)30-17-16-29-20-9-2-1-3-10-20/h1-5,8-13,18,22H,6-7,14-17,19H2,(H,26,28). The van der Waals surface area contributed by atoms with Gasteiger partial charge in [-0.25, -0.2) is 0 Å². The molecular weight excluding hydrogens is 408 g/mol. The monoisotopic (exact) mass is 436 g/mol. The molecule has 1 atom stereocenters. The van der Waals surface area contributed by atoms with Crippen molar-refractivity contribution in [3.8, 4) is 11.5 Å². The van der Waals surface area contributed by atoms with Crippen LogP contribution in [0.5, 0.6) is 11.5 Å². The van der Waals surface area contributed by atoms with Gasteiger partial charge in [0.1, 0.15) is 24.7 Å². The van der Waals surface area contributed by atoms with Crippen molar-refractivity contribution in [2.45, 2.75) is 18.9 Å². The second kappa shape index (κ2) is 11.0. The Kier molecular flexibility index (Phi) is 7.58. The van der Waals surface area contributed by atoms with Crippen LogP contribution < -0.4 is 14.8 Å². The summed E-state index contributed by atoms with van der Waals surface area (Å²) >= 11 is 1.75. The molecule has 2 aromatic carbocycles. The van der Waals surface area contributed by atoms with Gasteiger partial charge in [-0.1, -0.05) is 36.4 Å². The van der Waals surface area contributed by atoms with E-state index in [2.05, 4.69) is 27.7 Å². The molecule has 0 bridgehead atoms.